The van der Waals surface area contributed by atoms with Crippen LogP contribution in [0.2, 0.25) is 5.02 Å². The van der Waals surface area contributed by atoms with Gasteiger partial charge in [-0.2, -0.15) is 17.5 Å². The van der Waals surface area contributed by atoms with E-state index in [0.29, 0.717) is 25.5 Å². The van der Waals surface area contributed by atoms with Crippen LogP contribution in [0.4, 0.5) is 13.2 Å². The van der Waals surface area contributed by atoms with Gasteiger partial charge in [0.25, 0.3) is 0 Å². The molecule has 1 amide bonds. The van der Waals surface area contributed by atoms with Crippen LogP contribution in [0.3, 0.4) is 0 Å². The number of sulfonamides is 1. The Labute approximate surface area is 168 Å². The third-order valence-electron chi connectivity index (χ3n) is 4.87. The molecule has 0 saturated carbocycles. The van der Waals surface area contributed by atoms with Gasteiger partial charge in [-0.1, -0.05) is 24.9 Å². The second-order valence-corrected chi connectivity index (χ2v) is 9.25. The number of piperidine rings is 1. The fraction of sp³-hybridized carbons (Fsp3) is 0.611. The molecular weight excluding hydrogens is 417 g/mol. The number of amides is 1. The molecule has 0 aromatic heterocycles. The molecule has 0 radical (unpaired) electrons. The van der Waals surface area contributed by atoms with E-state index < -0.39 is 38.6 Å². The number of alkyl halides is 3. The largest absolute Gasteiger partial charge is 0.416 e. The first-order valence-corrected chi connectivity index (χ1v) is 11.0. The molecule has 158 valence electrons. The molecule has 28 heavy (non-hydrogen) atoms. The highest BCUT2D eigenvalue weighted by Crippen LogP contribution is 2.36. The van der Waals surface area contributed by atoms with Gasteiger partial charge in [0, 0.05) is 19.1 Å². The van der Waals surface area contributed by atoms with Gasteiger partial charge in [-0.3, -0.25) is 4.79 Å². The molecule has 10 heteroatoms. The predicted molar refractivity (Wildman–Crippen MR) is 100 cm³/mol. The molecule has 2 rings (SSSR count). The highest BCUT2D eigenvalue weighted by atomic mass is 35.5. The van der Waals surface area contributed by atoms with Crippen molar-refractivity contribution in [2.45, 2.75) is 56.6 Å². The minimum atomic E-state index is -4.69. The number of carbonyl (C=O) groups is 1. The van der Waals surface area contributed by atoms with E-state index in [4.69, 9.17) is 11.6 Å². The summed E-state index contributed by atoms with van der Waals surface area (Å²) in [6, 6.07) is 1.77. The average molecular weight is 441 g/mol. The summed E-state index contributed by atoms with van der Waals surface area (Å²) in [5, 5.41) is 2.50. The third-order valence-corrected chi connectivity index (χ3v) is 7.33. The van der Waals surface area contributed by atoms with E-state index in [0.717, 1.165) is 29.3 Å². The number of halogens is 4. The van der Waals surface area contributed by atoms with Gasteiger partial charge in [0.2, 0.25) is 15.9 Å². The SMILES string of the molecule is CCCCNC(=O)C1CCC(C)N(S(=O)(=O)c2cc(C(F)(F)F)ccc2Cl)C1. The molecule has 1 N–H and O–H groups in total. The number of carbonyl (C=O) groups excluding carboxylic acids is 1. The van der Waals surface area contributed by atoms with Crippen molar-refractivity contribution in [3.63, 3.8) is 0 Å². The van der Waals surface area contributed by atoms with Crippen molar-refractivity contribution in [1.82, 2.24) is 9.62 Å². The highest BCUT2D eigenvalue weighted by molar-refractivity contribution is 7.89. The molecular formula is C18H24ClF3N2O3S. The quantitative estimate of drug-likeness (QED) is 0.678. The lowest BCUT2D eigenvalue weighted by Gasteiger charge is -2.36. The summed E-state index contributed by atoms with van der Waals surface area (Å²) in [7, 11) is -4.29. The van der Waals surface area contributed by atoms with Crippen molar-refractivity contribution in [3.8, 4) is 0 Å². The van der Waals surface area contributed by atoms with Crippen molar-refractivity contribution in [2.24, 2.45) is 5.92 Å². The Kier molecular flexibility index (Phi) is 7.38. The third kappa shape index (κ3) is 5.18. The van der Waals surface area contributed by atoms with E-state index in [-0.39, 0.29) is 17.5 Å². The molecule has 1 heterocycles. The second kappa shape index (κ2) is 9.00. The monoisotopic (exact) mass is 440 g/mol. The van der Waals surface area contributed by atoms with Crippen LogP contribution in [0, 0.1) is 5.92 Å². The lowest BCUT2D eigenvalue weighted by atomic mass is 9.94. The zero-order chi connectivity index (χ0) is 21.1. The molecule has 0 bridgehead atoms. The number of rotatable bonds is 6. The molecule has 1 fully saturated rings. The van der Waals surface area contributed by atoms with E-state index in [1.165, 1.54) is 0 Å². The Hall–Kier alpha value is -1.32. The van der Waals surface area contributed by atoms with Crippen molar-refractivity contribution in [3.05, 3.63) is 28.8 Å². The van der Waals surface area contributed by atoms with Gasteiger partial charge in [0.1, 0.15) is 4.90 Å². The van der Waals surface area contributed by atoms with E-state index in [9.17, 15) is 26.4 Å². The van der Waals surface area contributed by atoms with Gasteiger partial charge in [-0.15, -0.1) is 0 Å². The first kappa shape index (κ1) is 23.0. The number of hydrogen-bond acceptors (Lipinski definition) is 3. The zero-order valence-electron chi connectivity index (χ0n) is 15.7. The van der Waals surface area contributed by atoms with Gasteiger partial charge in [-0.05, 0) is 44.4 Å². The van der Waals surface area contributed by atoms with Crippen molar-refractivity contribution in [1.29, 1.82) is 0 Å². The maximum Gasteiger partial charge on any atom is 0.416 e. The normalized spacial score (nSPS) is 21.5. The summed E-state index contributed by atoms with van der Waals surface area (Å²) in [6.07, 6.45) is -2.01. The molecule has 5 nitrogen and oxygen atoms in total. The Balaban J connectivity index is 2.29. The van der Waals surface area contributed by atoms with Crippen molar-refractivity contribution in [2.75, 3.05) is 13.1 Å². The van der Waals surface area contributed by atoms with Crippen LogP contribution in [0.5, 0.6) is 0 Å². The fourth-order valence-electron chi connectivity index (χ4n) is 3.16. The number of unbranched alkanes of at least 4 members (excludes halogenated alkanes) is 1. The summed E-state index contributed by atoms with van der Waals surface area (Å²) in [6.45, 7) is 4.08. The van der Waals surface area contributed by atoms with Gasteiger partial charge in [0.05, 0.1) is 16.5 Å². The van der Waals surface area contributed by atoms with E-state index in [1.54, 1.807) is 6.92 Å². The molecule has 1 aromatic rings. The van der Waals surface area contributed by atoms with Crippen LogP contribution >= 0.6 is 11.6 Å². The van der Waals surface area contributed by atoms with Gasteiger partial charge < -0.3 is 5.32 Å². The van der Waals surface area contributed by atoms with Gasteiger partial charge >= 0.3 is 6.18 Å². The Morgan fingerprint density at radius 2 is 2.00 bits per heavy atom. The Morgan fingerprint density at radius 1 is 1.32 bits per heavy atom. The topological polar surface area (TPSA) is 66.5 Å². The molecule has 2 unspecified atom stereocenters. The Morgan fingerprint density at radius 3 is 2.61 bits per heavy atom. The fourth-order valence-corrected chi connectivity index (χ4v) is 5.37. The lowest BCUT2D eigenvalue weighted by molar-refractivity contribution is -0.137. The van der Waals surface area contributed by atoms with E-state index >= 15 is 0 Å². The smallest absolute Gasteiger partial charge is 0.356 e. The van der Waals surface area contributed by atoms with Crippen molar-refractivity contribution >= 4 is 27.5 Å². The summed E-state index contributed by atoms with van der Waals surface area (Å²) < 4.78 is 66.3. The van der Waals surface area contributed by atoms with Crippen LogP contribution in [0.1, 0.15) is 45.1 Å². The van der Waals surface area contributed by atoms with Crippen LogP contribution in [-0.2, 0) is 21.0 Å². The summed E-state index contributed by atoms with van der Waals surface area (Å²) in [4.78, 5) is 11.7. The number of nitrogens with one attached hydrogen (secondary N) is 1. The van der Waals surface area contributed by atoms with Crippen LogP contribution < -0.4 is 5.32 Å². The molecule has 1 aromatic carbocycles. The number of nitrogens with zero attached hydrogens (tertiary/aromatic N) is 1. The molecule has 2 atom stereocenters. The van der Waals surface area contributed by atoms with E-state index in [1.807, 2.05) is 6.92 Å². The predicted octanol–water partition coefficient (Wildman–Crippen LogP) is 4.06. The minimum Gasteiger partial charge on any atom is -0.356 e. The van der Waals surface area contributed by atoms with Crippen LogP contribution in [0.25, 0.3) is 0 Å². The molecule has 0 aliphatic carbocycles. The van der Waals surface area contributed by atoms with E-state index in [2.05, 4.69) is 5.32 Å². The number of hydrogen-bond donors (Lipinski definition) is 1. The summed E-state index contributed by atoms with van der Waals surface area (Å²) in [5.41, 5.74) is -1.09. The first-order chi connectivity index (χ1) is 13.0. The summed E-state index contributed by atoms with van der Waals surface area (Å²) in [5.74, 6) is -0.789. The standard InChI is InChI=1S/C18H24ClF3N2O3S/c1-3-4-9-23-17(25)13-6-5-12(2)24(11-13)28(26,27)16-10-14(18(20,21)22)7-8-15(16)19/h7-8,10,12-13H,3-6,9,11H2,1-2H3,(H,23,25). The maximum atomic E-state index is 13.1. The molecule has 0 spiro atoms. The van der Waals surface area contributed by atoms with Gasteiger partial charge in [-0.25, -0.2) is 8.42 Å². The Bertz CT molecular complexity index is 815. The highest BCUT2D eigenvalue weighted by Gasteiger charge is 2.39. The molecule has 1 aliphatic heterocycles. The number of benzene rings is 1. The second-order valence-electron chi connectivity index (χ2n) is 6.99. The first-order valence-electron chi connectivity index (χ1n) is 9.14. The lowest BCUT2D eigenvalue weighted by Crippen LogP contribution is -2.49. The zero-order valence-corrected chi connectivity index (χ0v) is 17.3. The molecule has 1 saturated heterocycles. The van der Waals surface area contributed by atoms with Crippen molar-refractivity contribution < 1.29 is 26.4 Å². The van der Waals surface area contributed by atoms with Crippen LogP contribution in [0.15, 0.2) is 23.1 Å². The molecule has 1 aliphatic rings. The van der Waals surface area contributed by atoms with Crippen LogP contribution in [-0.4, -0.2) is 37.8 Å². The average Bonchev–Trinajstić information content (AvgIpc) is 2.61. The van der Waals surface area contributed by atoms with Gasteiger partial charge in [0.15, 0.2) is 0 Å². The minimum absolute atomic E-state index is 0.0893. The summed E-state index contributed by atoms with van der Waals surface area (Å²) >= 11 is 5.93. The maximum absolute atomic E-state index is 13.1.